The molecule has 1 fully saturated rings. The Balaban J connectivity index is 1.52. The normalized spacial score (nSPS) is 17.4. The molecular formula is C23H29N5O3. The van der Waals surface area contributed by atoms with Crippen LogP contribution in [-0.2, 0) is 4.74 Å². The molecule has 0 aliphatic carbocycles. The molecule has 8 heteroatoms. The highest BCUT2D eigenvalue weighted by Gasteiger charge is 2.26. The van der Waals surface area contributed by atoms with Crippen molar-refractivity contribution in [3.05, 3.63) is 42.4 Å². The van der Waals surface area contributed by atoms with Gasteiger partial charge in [-0.25, -0.2) is 14.8 Å². The van der Waals surface area contributed by atoms with Crippen LogP contribution in [0.2, 0.25) is 0 Å². The summed E-state index contributed by atoms with van der Waals surface area (Å²) in [6, 6.07) is 10.0. The van der Waals surface area contributed by atoms with Gasteiger partial charge in [0.05, 0.1) is 36.1 Å². The minimum absolute atomic E-state index is 0.0144. The van der Waals surface area contributed by atoms with E-state index >= 15 is 0 Å². The summed E-state index contributed by atoms with van der Waals surface area (Å²) in [5.74, 6) is 1.38. The zero-order valence-corrected chi connectivity index (χ0v) is 18.4. The minimum Gasteiger partial charge on any atom is -0.480 e. The molecule has 0 spiro atoms. The quantitative estimate of drug-likeness (QED) is 0.664. The molecule has 31 heavy (non-hydrogen) atoms. The molecule has 1 atom stereocenters. The van der Waals surface area contributed by atoms with Gasteiger partial charge in [0.1, 0.15) is 11.4 Å². The number of methoxy groups -OCH3 is 1. The summed E-state index contributed by atoms with van der Waals surface area (Å²) in [5.41, 5.74) is 2.10. The number of ether oxygens (including phenoxy) is 2. The summed E-state index contributed by atoms with van der Waals surface area (Å²) in [5, 5.41) is 4.52. The molecule has 0 saturated carbocycles. The largest absolute Gasteiger partial charge is 0.480 e. The van der Waals surface area contributed by atoms with Crippen LogP contribution in [0.15, 0.2) is 36.5 Å². The summed E-state index contributed by atoms with van der Waals surface area (Å²) >= 11 is 0. The second-order valence-electron chi connectivity index (χ2n) is 8.68. The lowest BCUT2D eigenvalue weighted by atomic mass is 10.1. The van der Waals surface area contributed by atoms with Gasteiger partial charge in [-0.3, -0.25) is 0 Å². The zero-order chi connectivity index (χ0) is 22.0. The molecule has 2 N–H and O–H groups in total. The molecule has 0 bridgehead atoms. The van der Waals surface area contributed by atoms with Crippen molar-refractivity contribution in [2.45, 2.75) is 38.8 Å². The fraction of sp³-hybridized carbons (Fsp3) is 0.435. The lowest BCUT2D eigenvalue weighted by Gasteiger charge is -2.26. The van der Waals surface area contributed by atoms with Crippen molar-refractivity contribution in [2.24, 2.45) is 0 Å². The van der Waals surface area contributed by atoms with Crippen LogP contribution in [0, 0.1) is 0 Å². The molecule has 2 aromatic heterocycles. The topological polar surface area (TPSA) is 92.4 Å². The third-order valence-corrected chi connectivity index (χ3v) is 5.21. The smallest absolute Gasteiger partial charge is 0.410 e. The maximum atomic E-state index is 12.4. The molecule has 1 amide bonds. The SMILES string of the molecule is COc1nc2ccccc2cc1-c1cnc(C2CCN(C(=O)OC(C)(C)C)CCN2)[nH]1. The maximum Gasteiger partial charge on any atom is 0.410 e. The van der Waals surface area contributed by atoms with Crippen LogP contribution in [-0.4, -0.2) is 58.3 Å². The van der Waals surface area contributed by atoms with Gasteiger partial charge in [-0.15, -0.1) is 0 Å². The number of benzene rings is 1. The number of imidazole rings is 1. The van der Waals surface area contributed by atoms with Crippen LogP contribution in [0.25, 0.3) is 22.2 Å². The van der Waals surface area contributed by atoms with E-state index in [4.69, 9.17) is 9.47 Å². The third kappa shape index (κ3) is 4.80. The molecule has 1 aliphatic heterocycles. The van der Waals surface area contributed by atoms with Gasteiger partial charge >= 0.3 is 6.09 Å². The number of rotatable bonds is 3. The van der Waals surface area contributed by atoms with Crippen molar-refractivity contribution in [3.8, 4) is 17.1 Å². The number of nitrogens with zero attached hydrogens (tertiary/aromatic N) is 3. The summed E-state index contributed by atoms with van der Waals surface area (Å²) in [6.45, 7) is 7.50. The first-order valence-electron chi connectivity index (χ1n) is 10.5. The highest BCUT2D eigenvalue weighted by atomic mass is 16.6. The summed E-state index contributed by atoms with van der Waals surface area (Å²) in [4.78, 5) is 26.8. The van der Waals surface area contributed by atoms with E-state index in [0.29, 0.717) is 25.5 Å². The van der Waals surface area contributed by atoms with Crippen molar-refractivity contribution < 1.29 is 14.3 Å². The van der Waals surface area contributed by atoms with Gasteiger partial charge in [-0.1, -0.05) is 18.2 Å². The summed E-state index contributed by atoms with van der Waals surface area (Å²) in [7, 11) is 1.62. The number of para-hydroxylation sites is 1. The highest BCUT2D eigenvalue weighted by Crippen LogP contribution is 2.31. The van der Waals surface area contributed by atoms with E-state index in [-0.39, 0.29) is 12.1 Å². The van der Waals surface area contributed by atoms with E-state index in [1.165, 1.54) is 0 Å². The molecule has 3 heterocycles. The van der Waals surface area contributed by atoms with Gasteiger partial charge in [0.25, 0.3) is 0 Å². The number of pyridine rings is 1. The van der Waals surface area contributed by atoms with Gasteiger partial charge in [-0.05, 0) is 39.3 Å². The van der Waals surface area contributed by atoms with Gasteiger partial charge in [0.15, 0.2) is 0 Å². The zero-order valence-electron chi connectivity index (χ0n) is 18.4. The number of carbonyl (C=O) groups is 1. The van der Waals surface area contributed by atoms with E-state index in [2.05, 4.69) is 26.3 Å². The first-order chi connectivity index (χ1) is 14.8. The Morgan fingerprint density at radius 1 is 1.23 bits per heavy atom. The molecule has 8 nitrogen and oxygen atoms in total. The van der Waals surface area contributed by atoms with Crippen LogP contribution in [0.1, 0.15) is 39.1 Å². The summed E-state index contributed by atoms with van der Waals surface area (Å²) < 4.78 is 11.0. The Morgan fingerprint density at radius 3 is 2.81 bits per heavy atom. The third-order valence-electron chi connectivity index (χ3n) is 5.21. The number of hydrogen-bond acceptors (Lipinski definition) is 6. The Morgan fingerprint density at radius 2 is 2.03 bits per heavy atom. The van der Waals surface area contributed by atoms with Gasteiger partial charge in [0.2, 0.25) is 5.88 Å². The number of fused-ring (bicyclic) bond motifs is 1. The van der Waals surface area contributed by atoms with Crippen molar-refractivity contribution in [3.63, 3.8) is 0 Å². The first kappa shape index (κ1) is 21.1. The lowest BCUT2D eigenvalue weighted by molar-refractivity contribution is 0.0261. The lowest BCUT2D eigenvalue weighted by Crippen LogP contribution is -2.38. The van der Waals surface area contributed by atoms with E-state index < -0.39 is 5.60 Å². The van der Waals surface area contributed by atoms with E-state index in [1.807, 2.05) is 51.2 Å². The van der Waals surface area contributed by atoms with Crippen molar-refractivity contribution in [2.75, 3.05) is 26.7 Å². The maximum absolute atomic E-state index is 12.4. The Bertz CT molecular complexity index is 1070. The minimum atomic E-state index is -0.501. The number of amides is 1. The monoisotopic (exact) mass is 423 g/mol. The number of H-pyrrole nitrogens is 1. The van der Waals surface area contributed by atoms with Gasteiger partial charge in [0, 0.05) is 25.0 Å². The van der Waals surface area contributed by atoms with Crippen molar-refractivity contribution in [1.82, 2.24) is 25.2 Å². The van der Waals surface area contributed by atoms with Crippen LogP contribution >= 0.6 is 0 Å². The van der Waals surface area contributed by atoms with E-state index in [9.17, 15) is 4.79 Å². The number of carbonyl (C=O) groups excluding carboxylic acids is 1. The number of hydrogen-bond donors (Lipinski definition) is 2. The fourth-order valence-corrected chi connectivity index (χ4v) is 3.71. The molecule has 1 aliphatic rings. The van der Waals surface area contributed by atoms with Crippen LogP contribution in [0.4, 0.5) is 4.79 Å². The first-order valence-corrected chi connectivity index (χ1v) is 10.5. The highest BCUT2D eigenvalue weighted by molar-refractivity contribution is 5.85. The number of nitrogens with one attached hydrogen (secondary N) is 2. The summed E-state index contributed by atoms with van der Waals surface area (Å²) in [6.07, 6.45) is 2.27. The second-order valence-corrected chi connectivity index (χ2v) is 8.68. The van der Waals surface area contributed by atoms with Crippen molar-refractivity contribution in [1.29, 1.82) is 0 Å². The molecule has 3 aromatic rings. The van der Waals surface area contributed by atoms with Crippen LogP contribution < -0.4 is 10.1 Å². The molecule has 0 radical (unpaired) electrons. The van der Waals surface area contributed by atoms with Crippen LogP contribution in [0.5, 0.6) is 5.88 Å². The van der Waals surface area contributed by atoms with Gasteiger partial charge < -0.3 is 24.7 Å². The molecule has 1 unspecified atom stereocenters. The fourth-order valence-electron chi connectivity index (χ4n) is 3.71. The standard InChI is InChI=1S/C23H29N5O3/c1-23(2,3)31-22(29)28-11-9-18(24-10-12-28)20-25-14-19(26-20)16-13-15-7-5-6-8-17(15)27-21(16)30-4/h5-8,13-14,18,24H,9-12H2,1-4H3,(H,25,26). The predicted octanol–water partition coefficient (Wildman–Crippen LogP) is 3.91. The average molecular weight is 424 g/mol. The van der Waals surface area contributed by atoms with E-state index in [1.54, 1.807) is 12.0 Å². The van der Waals surface area contributed by atoms with E-state index in [0.717, 1.165) is 34.4 Å². The number of aromatic nitrogens is 3. The Hall–Kier alpha value is -3.13. The molecule has 4 rings (SSSR count). The molecular weight excluding hydrogens is 394 g/mol. The second kappa shape index (κ2) is 8.55. The predicted molar refractivity (Wildman–Crippen MR) is 119 cm³/mol. The number of aromatic amines is 1. The average Bonchev–Trinajstić information content (AvgIpc) is 3.08. The van der Waals surface area contributed by atoms with Gasteiger partial charge in [-0.2, -0.15) is 0 Å². The van der Waals surface area contributed by atoms with Crippen molar-refractivity contribution >= 4 is 17.0 Å². The molecule has 1 saturated heterocycles. The molecule has 1 aromatic carbocycles. The van der Waals surface area contributed by atoms with Crippen LogP contribution in [0.3, 0.4) is 0 Å². The Kier molecular flexibility index (Phi) is 5.82. The molecule has 164 valence electrons. The Labute approximate surface area is 182 Å².